The van der Waals surface area contributed by atoms with Gasteiger partial charge in [-0.2, -0.15) is 0 Å². The van der Waals surface area contributed by atoms with Gasteiger partial charge in [0.2, 0.25) is 5.91 Å². The third-order valence-electron chi connectivity index (χ3n) is 3.44. The van der Waals surface area contributed by atoms with Gasteiger partial charge in [0.1, 0.15) is 0 Å². The van der Waals surface area contributed by atoms with Crippen molar-refractivity contribution in [3.63, 3.8) is 0 Å². The molecular weight excluding hydrogens is 200 g/mol. The molecule has 0 aromatic carbocycles. The second-order valence-electron chi connectivity index (χ2n) is 5.10. The molecule has 1 fully saturated rings. The lowest BCUT2D eigenvalue weighted by Crippen LogP contribution is -2.49. The van der Waals surface area contributed by atoms with E-state index in [1.165, 1.54) is 19.3 Å². The smallest absolute Gasteiger partial charge is 0.239 e. The molecule has 0 radical (unpaired) electrons. The number of rotatable bonds is 5. The minimum Gasteiger partial charge on any atom is -0.344 e. The van der Waals surface area contributed by atoms with Crippen molar-refractivity contribution in [3.8, 4) is 0 Å². The molecule has 2 atom stereocenters. The monoisotopic (exact) mass is 226 g/mol. The van der Waals surface area contributed by atoms with Crippen LogP contribution in [0.2, 0.25) is 0 Å². The Kier molecular flexibility index (Phi) is 5.81. The first-order chi connectivity index (χ1) is 7.65. The van der Waals surface area contributed by atoms with Gasteiger partial charge in [-0.05, 0) is 31.7 Å². The van der Waals surface area contributed by atoms with E-state index >= 15 is 0 Å². The molecule has 3 nitrogen and oxygen atoms in total. The first-order valence-electron chi connectivity index (χ1n) is 6.63. The number of piperidine rings is 1. The fourth-order valence-corrected chi connectivity index (χ4v) is 2.27. The highest BCUT2D eigenvalue weighted by atomic mass is 16.2. The summed E-state index contributed by atoms with van der Waals surface area (Å²) in [4.78, 5) is 14.0. The molecule has 1 heterocycles. The first kappa shape index (κ1) is 13.5. The Morgan fingerprint density at radius 3 is 2.81 bits per heavy atom. The van der Waals surface area contributed by atoms with Crippen LogP contribution in [0.1, 0.15) is 46.0 Å². The van der Waals surface area contributed by atoms with Crippen molar-refractivity contribution in [1.82, 2.24) is 10.2 Å². The highest BCUT2D eigenvalue weighted by Crippen LogP contribution is 2.16. The average molecular weight is 226 g/mol. The molecule has 1 N–H and O–H groups in total. The van der Waals surface area contributed by atoms with Crippen molar-refractivity contribution >= 4 is 5.91 Å². The van der Waals surface area contributed by atoms with Gasteiger partial charge in [-0.3, -0.25) is 4.79 Å². The lowest BCUT2D eigenvalue weighted by atomic mass is 9.93. The van der Waals surface area contributed by atoms with Crippen molar-refractivity contribution in [2.45, 2.75) is 52.0 Å². The zero-order valence-electron chi connectivity index (χ0n) is 11.0. The molecule has 3 heteroatoms. The fraction of sp³-hybridized carbons (Fsp3) is 0.923. The average Bonchev–Trinajstić information content (AvgIpc) is 2.28. The van der Waals surface area contributed by atoms with Crippen molar-refractivity contribution in [1.29, 1.82) is 0 Å². The van der Waals surface area contributed by atoms with Gasteiger partial charge in [0.05, 0.1) is 6.04 Å². The van der Waals surface area contributed by atoms with Crippen LogP contribution in [0.5, 0.6) is 0 Å². The van der Waals surface area contributed by atoms with Gasteiger partial charge >= 0.3 is 0 Å². The fourth-order valence-electron chi connectivity index (χ4n) is 2.27. The van der Waals surface area contributed by atoms with E-state index in [0.717, 1.165) is 25.9 Å². The van der Waals surface area contributed by atoms with Gasteiger partial charge in [-0.1, -0.05) is 26.7 Å². The van der Waals surface area contributed by atoms with E-state index < -0.39 is 0 Å². The minimum atomic E-state index is 0.0652. The molecule has 0 aromatic rings. The van der Waals surface area contributed by atoms with Gasteiger partial charge < -0.3 is 10.2 Å². The first-order valence-corrected chi connectivity index (χ1v) is 6.63. The summed E-state index contributed by atoms with van der Waals surface area (Å²) in [5.41, 5.74) is 0. The quantitative estimate of drug-likeness (QED) is 0.727. The van der Waals surface area contributed by atoms with Gasteiger partial charge in [-0.15, -0.1) is 0 Å². The molecule has 0 saturated carbocycles. The molecule has 1 amide bonds. The molecule has 94 valence electrons. The number of carbonyl (C=O) groups excluding carboxylic acids is 1. The third kappa shape index (κ3) is 4.12. The molecular formula is C13H26N2O. The molecule has 0 bridgehead atoms. The molecule has 0 aromatic heterocycles. The second kappa shape index (κ2) is 6.89. The van der Waals surface area contributed by atoms with E-state index in [1.807, 2.05) is 11.9 Å². The summed E-state index contributed by atoms with van der Waals surface area (Å²) in [6.45, 7) is 6.31. The standard InChI is InChI=1S/C13H26N2O/c1-4-5-6-9-15(3)13(16)12-10-11(2)7-8-14-12/h11-12,14H,4-10H2,1-3H3. The van der Waals surface area contributed by atoms with Gasteiger partial charge in [0.25, 0.3) is 0 Å². The highest BCUT2D eigenvalue weighted by Gasteiger charge is 2.26. The molecule has 2 unspecified atom stereocenters. The molecule has 1 aliphatic rings. The number of amides is 1. The third-order valence-corrected chi connectivity index (χ3v) is 3.44. The normalized spacial score (nSPS) is 25.4. The molecule has 1 aliphatic heterocycles. The van der Waals surface area contributed by atoms with Crippen LogP contribution < -0.4 is 5.32 Å². The van der Waals surface area contributed by atoms with Crippen molar-refractivity contribution < 1.29 is 4.79 Å². The summed E-state index contributed by atoms with van der Waals surface area (Å²) in [6, 6.07) is 0.0652. The van der Waals surface area contributed by atoms with Gasteiger partial charge in [-0.25, -0.2) is 0 Å². The van der Waals surface area contributed by atoms with E-state index in [0.29, 0.717) is 5.92 Å². The van der Waals surface area contributed by atoms with Crippen molar-refractivity contribution in [2.75, 3.05) is 20.1 Å². The van der Waals surface area contributed by atoms with E-state index in [9.17, 15) is 4.79 Å². The Bertz CT molecular complexity index is 218. The summed E-state index contributed by atoms with van der Waals surface area (Å²) in [7, 11) is 1.93. The van der Waals surface area contributed by atoms with E-state index in [-0.39, 0.29) is 11.9 Å². The maximum absolute atomic E-state index is 12.1. The number of hydrogen-bond acceptors (Lipinski definition) is 2. The van der Waals surface area contributed by atoms with Crippen molar-refractivity contribution in [3.05, 3.63) is 0 Å². The summed E-state index contributed by atoms with van der Waals surface area (Å²) >= 11 is 0. The lowest BCUT2D eigenvalue weighted by Gasteiger charge is -2.30. The summed E-state index contributed by atoms with van der Waals surface area (Å²) in [6.07, 6.45) is 5.74. The topological polar surface area (TPSA) is 32.3 Å². The predicted octanol–water partition coefficient (Wildman–Crippen LogP) is 2.02. The van der Waals surface area contributed by atoms with Gasteiger partial charge in [0, 0.05) is 13.6 Å². The lowest BCUT2D eigenvalue weighted by molar-refractivity contribution is -0.133. The van der Waals surface area contributed by atoms with Crippen LogP contribution in [-0.4, -0.2) is 37.0 Å². The SMILES string of the molecule is CCCCCN(C)C(=O)C1CC(C)CCN1. The Morgan fingerprint density at radius 2 is 2.19 bits per heavy atom. The molecule has 0 aliphatic carbocycles. The van der Waals surface area contributed by atoms with Crippen LogP contribution in [0, 0.1) is 5.92 Å². The van der Waals surface area contributed by atoms with Crippen LogP contribution in [-0.2, 0) is 4.79 Å². The number of carbonyl (C=O) groups is 1. The number of nitrogens with one attached hydrogen (secondary N) is 1. The van der Waals surface area contributed by atoms with E-state index in [2.05, 4.69) is 19.2 Å². The van der Waals surface area contributed by atoms with Crippen LogP contribution in [0.25, 0.3) is 0 Å². The maximum Gasteiger partial charge on any atom is 0.239 e. The Balaban J connectivity index is 2.31. The Hall–Kier alpha value is -0.570. The van der Waals surface area contributed by atoms with E-state index in [4.69, 9.17) is 0 Å². The molecule has 16 heavy (non-hydrogen) atoms. The van der Waals surface area contributed by atoms with Crippen LogP contribution in [0.15, 0.2) is 0 Å². The number of likely N-dealkylation sites (N-methyl/N-ethyl adjacent to an activating group) is 1. The zero-order chi connectivity index (χ0) is 12.0. The molecule has 0 spiro atoms. The summed E-state index contributed by atoms with van der Waals surface area (Å²) < 4.78 is 0. The van der Waals surface area contributed by atoms with Crippen LogP contribution >= 0.6 is 0 Å². The molecule has 1 rings (SSSR count). The number of unbranched alkanes of at least 4 members (excludes halogenated alkanes) is 2. The Labute approximate surface area is 99.6 Å². The zero-order valence-corrected chi connectivity index (χ0v) is 11.0. The molecule has 1 saturated heterocycles. The summed E-state index contributed by atoms with van der Waals surface area (Å²) in [5.74, 6) is 0.960. The predicted molar refractivity (Wildman–Crippen MR) is 67.4 cm³/mol. The van der Waals surface area contributed by atoms with E-state index in [1.54, 1.807) is 0 Å². The highest BCUT2D eigenvalue weighted by molar-refractivity contribution is 5.81. The maximum atomic E-state index is 12.1. The second-order valence-corrected chi connectivity index (χ2v) is 5.10. The minimum absolute atomic E-state index is 0.0652. The summed E-state index contributed by atoms with van der Waals surface area (Å²) in [5, 5.41) is 3.33. The Morgan fingerprint density at radius 1 is 1.44 bits per heavy atom. The number of hydrogen-bond donors (Lipinski definition) is 1. The number of nitrogens with zero attached hydrogens (tertiary/aromatic N) is 1. The van der Waals surface area contributed by atoms with Crippen LogP contribution in [0.3, 0.4) is 0 Å². The van der Waals surface area contributed by atoms with Crippen molar-refractivity contribution in [2.24, 2.45) is 5.92 Å². The van der Waals surface area contributed by atoms with Gasteiger partial charge in [0.15, 0.2) is 0 Å². The van der Waals surface area contributed by atoms with Crippen LogP contribution in [0.4, 0.5) is 0 Å². The largest absolute Gasteiger partial charge is 0.344 e.